The number of phenols is 1. The van der Waals surface area contributed by atoms with Crippen LogP contribution in [0.1, 0.15) is 27.2 Å². The third-order valence-corrected chi connectivity index (χ3v) is 4.42. The van der Waals surface area contributed by atoms with Crippen LogP contribution in [-0.4, -0.2) is 21.5 Å². The molecule has 1 heterocycles. The van der Waals surface area contributed by atoms with E-state index >= 15 is 0 Å². The first-order chi connectivity index (χ1) is 13.0. The van der Waals surface area contributed by atoms with E-state index in [1.165, 1.54) is 6.92 Å². The number of carbonyl (C=O) groups is 2. The number of aromatic hydroxyl groups is 1. The Morgan fingerprint density at radius 1 is 1.14 bits per heavy atom. The van der Waals surface area contributed by atoms with Gasteiger partial charge in [-0.25, -0.2) is 4.39 Å². The van der Waals surface area contributed by atoms with Crippen molar-refractivity contribution in [3.05, 3.63) is 64.6 Å². The lowest BCUT2D eigenvalue weighted by molar-refractivity contribution is -0.137. The molecular weight excluding hydrogens is 380 g/mol. The van der Waals surface area contributed by atoms with E-state index in [1.54, 1.807) is 0 Å². The first-order valence-electron chi connectivity index (χ1n) is 8.03. The van der Waals surface area contributed by atoms with Crippen LogP contribution in [0.3, 0.4) is 0 Å². The molecule has 0 aliphatic heterocycles. The topological polar surface area (TPSA) is 85.3 Å². The molecule has 5 nitrogen and oxygen atoms in total. The Bertz CT molecular complexity index is 1100. The summed E-state index contributed by atoms with van der Waals surface area (Å²) < 4.78 is 53.1. The molecule has 0 spiro atoms. The molecule has 3 N–H and O–H groups in total. The van der Waals surface area contributed by atoms with Gasteiger partial charge in [-0.05, 0) is 42.8 Å². The average Bonchev–Trinajstić information content (AvgIpc) is 2.85. The molecule has 0 saturated heterocycles. The van der Waals surface area contributed by atoms with Crippen molar-refractivity contribution in [2.75, 3.05) is 0 Å². The van der Waals surface area contributed by atoms with Crippen LogP contribution in [0, 0.1) is 12.7 Å². The first kappa shape index (κ1) is 19.4. The van der Waals surface area contributed by atoms with E-state index in [0.29, 0.717) is 5.56 Å². The van der Waals surface area contributed by atoms with E-state index in [9.17, 15) is 32.3 Å². The summed E-state index contributed by atoms with van der Waals surface area (Å²) in [6.45, 7) is 1.50. The summed E-state index contributed by atoms with van der Waals surface area (Å²) in [5.74, 6) is -3.07. The van der Waals surface area contributed by atoms with Crippen LogP contribution in [0.4, 0.5) is 17.6 Å². The van der Waals surface area contributed by atoms with Gasteiger partial charge in [-0.2, -0.15) is 13.2 Å². The number of benzene rings is 2. The highest BCUT2D eigenvalue weighted by Crippen LogP contribution is 2.33. The molecule has 0 aliphatic carbocycles. The number of fused-ring (bicyclic) bond motifs is 1. The van der Waals surface area contributed by atoms with Crippen molar-refractivity contribution in [2.45, 2.75) is 19.5 Å². The molecule has 0 atom stereocenters. The van der Waals surface area contributed by atoms with Gasteiger partial charge >= 0.3 is 6.18 Å². The van der Waals surface area contributed by atoms with Crippen molar-refractivity contribution < 1.29 is 32.3 Å². The van der Waals surface area contributed by atoms with Gasteiger partial charge in [0.1, 0.15) is 0 Å². The highest BCUT2D eigenvalue weighted by molar-refractivity contribution is 6.05. The molecule has 146 valence electrons. The Balaban J connectivity index is 2.19. The number of halogens is 4. The van der Waals surface area contributed by atoms with E-state index in [-0.39, 0.29) is 28.6 Å². The lowest BCUT2D eigenvalue weighted by Gasteiger charge is -2.10. The van der Waals surface area contributed by atoms with E-state index in [0.717, 1.165) is 41.0 Å². The number of rotatable bonds is 3. The van der Waals surface area contributed by atoms with Gasteiger partial charge in [0.15, 0.2) is 11.6 Å². The Morgan fingerprint density at radius 3 is 2.29 bits per heavy atom. The van der Waals surface area contributed by atoms with E-state index < -0.39 is 35.1 Å². The zero-order valence-electron chi connectivity index (χ0n) is 14.5. The SMILES string of the molecule is Cc1c(CC(N)=O)c2cc(O)c(F)cc2n1C(=O)c1ccc(C(F)(F)F)cc1. The van der Waals surface area contributed by atoms with Gasteiger partial charge < -0.3 is 10.8 Å². The maximum Gasteiger partial charge on any atom is 0.416 e. The third-order valence-electron chi connectivity index (χ3n) is 4.42. The number of carbonyl (C=O) groups excluding carboxylic acids is 2. The molecule has 0 aliphatic rings. The summed E-state index contributed by atoms with van der Waals surface area (Å²) in [6.07, 6.45) is -4.81. The average molecular weight is 394 g/mol. The van der Waals surface area contributed by atoms with Gasteiger partial charge in [-0.15, -0.1) is 0 Å². The highest BCUT2D eigenvalue weighted by Gasteiger charge is 2.30. The number of nitrogens with zero attached hydrogens (tertiary/aromatic N) is 1. The fourth-order valence-corrected chi connectivity index (χ4v) is 3.08. The molecule has 0 unspecified atom stereocenters. The second-order valence-corrected chi connectivity index (χ2v) is 6.24. The fourth-order valence-electron chi connectivity index (χ4n) is 3.08. The second-order valence-electron chi connectivity index (χ2n) is 6.24. The maximum absolute atomic E-state index is 13.9. The van der Waals surface area contributed by atoms with E-state index in [1.807, 2.05) is 0 Å². The molecule has 2 aromatic carbocycles. The fraction of sp³-hybridized carbons (Fsp3) is 0.158. The molecule has 0 fully saturated rings. The molecule has 9 heteroatoms. The summed E-state index contributed by atoms with van der Waals surface area (Å²) in [5.41, 5.74) is 4.90. The van der Waals surface area contributed by atoms with Crippen LogP contribution in [0.25, 0.3) is 10.9 Å². The summed E-state index contributed by atoms with van der Waals surface area (Å²) in [7, 11) is 0. The molecule has 0 saturated carbocycles. The number of hydrogen-bond donors (Lipinski definition) is 2. The Kier molecular flexibility index (Phi) is 4.62. The van der Waals surface area contributed by atoms with Crippen molar-refractivity contribution in [1.82, 2.24) is 4.57 Å². The van der Waals surface area contributed by atoms with Gasteiger partial charge in [0.2, 0.25) is 5.91 Å². The molecule has 3 rings (SSSR count). The van der Waals surface area contributed by atoms with Crippen molar-refractivity contribution in [3.63, 3.8) is 0 Å². The minimum absolute atomic E-state index is 0.0629. The number of alkyl halides is 3. The largest absolute Gasteiger partial charge is 0.505 e. The molecule has 1 amide bonds. The number of hydrogen-bond acceptors (Lipinski definition) is 3. The summed E-state index contributed by atoms with van der Waals surface area (Å²) in [5, 5.41) is 9.89. The Morgan fingerprint density at radius 2 is 1.75 bits per heavy atom. The van der Waals surface area contributed by atoms with Crippen molar-refractivity contribution in [1.29, 1.82) is 0 Å². The van der Waals surface area contributed by atoms with Crippen LogP contribution in [0.15, 0.2) is 36.4 Å². The predicted molar refractivity (Wildman–Crippen MR) is 92.4 cm³/mol. The van der Waals surface area contributed by atoms with Gasteiger partial charge in [0.05, 0.1) is 17.5 Å². The standard InChI is InChI=1S/C19H14F4N2O3/c1-9-12(7-17(24)27)13-6-16(26)14(20)8-15(13)25(9)18(28)10-2-4-11(5-3-10)19(21,22)23/h2-6,8,26H,7H2,1H3,(H2,24,27). The molecule has 28 heavy (non-hydrogen) atoms. The molecule has 0 bridgehead atoms. The normalized spacial score (nSPS) is 11.8. The van der Waals surface area contributed by atoms with Gasteiger partial charge in [0, 0.05) is 22.7 Å². The number of primary amides is 1. The van der Waals surface area contributed by atoms with Crippen LogP contribution in [-0.2, 0) is 17.4 Å². The lowest BCUT2D eigenvalue weighted by Crippen LogP contribution is -2.16. The zero-order chi connectivity index (χ0) is 20.8. The molecule has 0 radical (unpaired) electrons. The van der Waals surface area contributed by atoms with Crippen molar-refractivity contribution >= 4 is 22.7 Å². The Hall–Kier alpha value is -3.36. The highest BCUT2D eigenvalue weighted by atomic mass is 19.4. The summed E-state index contributed by atoms with van der Waals surface area (Å²) in [6, 6.07) is 5.56. The number of phenolic OH excluding ortho intramolecular Hbond substituents is 1. The minimum Gasteiger partial charge on any atom is -0.505 e. The van der Waals surface area contributed by atoms with Gasteiger partial charge in [0.25, 0.3) is 5.91 Å². The second kappa shape index (κ2) is 6.66. The summed E-state index contributed by atoms with van der Waals surface area (Å²) >= 11 is 0. The summed E-state index contributed by atoms with van der Waals surface area (Å²) in [4.78, 5) is 24.3. The number of aromatic nitrogens is 1. The predicted octanol–water partition coefficient (Wildman–Crippen LogP) is 3.53. The van der Waals surface area contributed by atoms with E-state index in [2.05, 4.69) is 0 Å². The third kappa shape index (κ3) is 3.30. The van der Waals surface area contributed by atoms with Crippen LogP contribution in [0.2, 0.25) is 0 Å². The smallest absolute Gasteiger partial charge is 0.416 e. The quantitative estimate of drug-likeness (QED) is 0.667. The van der Waals surface area contributed by atoms with Gasteiger partial charge in [-0.1, -0.05) is 0 Å². The van der Waals surface area contributed by atoms with Crippen molar-refractivity contribution in [3.8, 4) is 5.75 Å². The van der Waals surface area contributed by atoms with Crippen LogP contribution in [0.5, 0.6) is 5.75 Å². The zero-order valence-corrected chi connectivity index (χ0v) is 14.5. The molecular formula is C19H14F4N2O3. The number of amides is 1. The van der Waals surface area contributed by atoms with Gasteiger partial charge in [-0.3, -0.25) is 14.2 Å². The molecule has 1 aromatic heterocycles. The van der Waals surface area contributed by atoms with Crippen LogP contribution >= 0.6 is 0 Å². The maximum atomic E-state index is 13.9. The Labute approximate surface area is 156 Å². The van der Waals surface area contributed by atoms with E-state index in [4.69, 9.17) is 5.73 Å². The monoisotopic (exact) mass is 394 g/mol. The number of nitrogens with two attached hydrogens (primary N) is 1. The van der Waals surface area contributed by atoms with Crippen LogP contribution < -0.4 is 5.73 Å². The first-order valence-corrected chi connectivity index (χ1v) is 8.03. The minimum atomic E-state index is -4.55. The molecule has 3 aromatic rings. The lowest BCUT2D eigenvalue weighted by atomic mass is 10.1. The van der Waals surface area contributed by atoms with Crippen molar-refractivity contribution in [2.24, 2.45) is 5.73 Å².